The number of rotatable bonds is 2. The average Bonchev–Trinajstić information content (AvgIpc) is 2.03. The van der Waals surface area contributed by atoms with Crippen molar-refractivity contribution in [2.75, 3.05) is 0 Å². The third-order valence-corrected chi connectivity index (χ3v) is 1.68. The van der Waals surface area contributed by atoms with Crippen LogP contribution in [0.4, 0.5) is 0 Å². The van der Waals surface area contributed by atoms with Crippen LogP contribution < -0.4 is 0 Å². The van der Waals surface area contributed by atoms with Gasteiger partial charge in [-0.05, 0) is 19.9 Å². The van der Waals surface area contributed by atoms with Crippen molar-refractivity contribution in [2.45, 2.75) is 20.0 Å². The van der Waals surface area contributed by atoms with Gasteiger partial charge in [-0.2, -0.15) is 0 Å². The van der Waals surface area contributed by atoms with Crippen molar-refractivity contribution in [2.24, 2.45) is 0 Å². The third kappa shape index (κ3) is 2.74. The third-order valence-electron chi connectivity index (χ3n) is 1.37. The summed E-state index contributed by atoms with van der Waals surface area (Å²) in [5.41, 5.74) is 0.359. The average molecular weight is 198 g/mol. The highest BCUT2D eigenvalue weighted by Crippen LogP contribution is 2.15. The van der Waals surface area contributed by atoms with Crippen LogP contribution in [0.5, 0.6) is 0 Å². The predicted molar refractivity (Wildman–Crippen MR) is 50.8 cm³/mol. The first-order valence-electron chi connectivity index (χ1n) is 3.98. The van der Waals surface area contributed by atoms with Gasteiger partial charge in [0.05, 0.1) is 16.7 Å². The molecule has 3 heteroatoms. The van der Waals surface area contributed by atoms with Crippen molar-refractivity contribution < 1.29 is 9.53 Å². The molecule has 1 radical (unpaired) electrons. The minimum absolute atomic E-state index is 0.135. The van der Waals surface area contributed by atoms with Crippen molar-refractivity contribution in [3.8, 4) is 0 Å². The molecular weight excluding hydrogens is 188 g/mol. The van der Waals surface area contributed by atoms with E-state index < -0.39 is 5.97 Å². The van der Waals surface area contributed by atoms with Gasteiger partial charge in [-0.15, -0.1) is 0 Å². The Morgan fingerprint density at radius 3 is 2.85 bits per heavy atom. The number of halogens is 1. The summed E-state index contributed by atoms with van der Waals surface area (Å²) < 4.78 is 4.97. The molecule has 0 bridgehead atoms. The summed E-state index contributed by atoms with van der Waals surface area (Å²) in [6, 6.07) is 7.68. The van der Waals surface area contributed by atoms with E-state index in [1.165, 1.54) is 0 Å². The van der Waals surface area contributed by atoms with E-state index in [9.17, 15) is 4.79 Å². The molecule has 0 fully saturated rings. The van der Waals surface area contributed by atoms with E-state index in [0.29, 0.717) is 10.6 Å². The van der Waals surface area contributed by atoms with Crippen molar-refractivity contribution in [3.63, 3.8) is 0 Å². The Morgan fingerprint density at radius 1 is 1.62 bits per heavy atom. The van der Waals surface area contributed by atoms with Crippen LogP contribution in [0.2, 0.25) is 5.02 Å². The molecule has 2 nitrogen and oxygen atoms in total. The topological polar surface area (TPSA) is 26.3 Å². The molecule has 1 aromatic carbocycles. The Balaban J connectivity index is 2.83. The Morgan fingerprint density at radius 2 is 2.31 bits per heavy atom. The van der Waals surface area contributed by atoms with Crippen LogP contribution in [0.3, 0.4) is 0 Å². The van der Waals surface area contributed by atoms with E-state index in [2.05, 4.69) is 6.07 Å². The number of carbonyl (C=O) groups excluding carboxylic acids is 1. The first-order chi connectivity index (χ1) is 6.11. The normalized spacial score (nSPS) is 10.2. The lowest BCUT2D eigenvalue weighted by atomic mass is 10.2. The highest BCUT2D eigenvalue weighted by molar-refractivity contribution is 6.33. The lowest BCUT2D eigenvalue weighted by Gasteiger charge is -2.08. The summed E-state index contributed by atoms with van der Waals surface area (Å²) >= 11 is 5.75. The van der Waals surface area contributed by atoms with Gasteiger partial charge in [0.25, 0.3) is 0 Å². The Labute approximate surface area is 82.5 Å². The molecule has 0 aliphatic rings. The summed E-state index contributed by atoms with van der Waals surface area (Å²) in [6.45, 7) is 3.58. The van der Waals surface area contributed by atoms with Gasteiger partial charge in [0.15, 0.2) is 0 Å². The largest absolute Gasteiger partial charge is 0.459 e. The van der Waals surface area contributed by atoms with Gasteiger partial charge < -0.3 is 4.74 Å². The highest BCUT2D eigenvalue weighted by atomic mass is 35.5. The molecule has 0 N–H and O–H groups in total. The monoisotopic (exact) mass is 197 g/mol. The number of ether oxygens (including phenoxy) is 1. The summed E-state index contributed by atoms with van der Waals surface area (Å²) in [5.74, 6) is -0.406. The smallest absolute Gasteiger partial charge is 0.339 e. The summed E-state index contributed by atoms with van der Waals surface area (Å²) in [4.78, 5) is 11.3. The fraction of sp³-hybridized carbons (Fsp3) is 0.300. The fourth-order valence-corrected chi connectivity index (χ4v) is 1.05. The standard InChI is InChI=1S/C10H10ClO2/c1-7(2)13-10(12)8-5-3-4-6-9(8)11/h3-5,7H,1-2H3. The summed E-state index contributed by atoms with van der Waals surface area (Å²) in [6.07, 6.45) is -0.135. The number of hydrogen-bond acceptors (Lipinski definition) is 2. The molecule has 0 aliphatic carbocycles. The molecular formula is C10H10ClO2. The van der Waals surface area contributed by atoms with Gasteiger partial charge in [0, 0.05) is 6.07 Å². The van der Waals surface area contributed by atoms with Crippen molar-refractivity contribution in [3.05, 3.63) is 34.9 Å². The van der Waals surface area contributed by atoms with E-state index in [4.69, 9.17) is 16.3 Å². The van der Waals surface area contributed by atoms with E-state index >= 15 is 0 Å². The minimum atomic E-state index is -0.406. The van der Waals surface area contributed by atoms with Crippen LogP contribution >= 0.6 is 11.6 Å². The molecule has 1 aromatic rings. The second kappa shape index (κ2) is 4.28. The Bertz CT molecular complexity index is 308. The molecule has 0 saturated heterocycles. The molecule has 0 atom stereocenters. The zero-order valence-corrected chi connectivity index (χ0v) is 8.26. The molecule has 69 valence electrons. The van der Waals surface area contributed by atoms with Crippen LogP contribution in [0.25, 0.3) is 0 Å². The molecule has 0 spiro atoms. The molecule has 0 heterocycles. The van der Waals surface area contributed by atoms with Crippen LogP contribution in [0, 0.1) is 6.07 Å². The zero-order chi connectivity index (χ0) is 9.84. The lowest BCUT2D eigenvalue weighted by Crippen LogP contribution is -2.11. The second-order valence-corrected chi connectivity index (χ2v) is 3.23. The predicted octanol–water partition coefficient (Wildman–Crippen LogP) is 2.71. The number of carbonyl (C=O) groups is 1. The first-order valence-corrected chi connectivity index (χ1v) is 4.36. The van der Waals surface area contributed by atoms with Crippen molar-refractivity contribution in [1.29, 1.82) is 0 Å². The Kier molecular flexibility index (Phi) is 3.32. The van der Waals surface area contributed by atoms with Crippen LogP contribution in [-0.4, -0.2) is 12.1 Å². The maximum absolute atomic E-state index is 11.3. The summed E-state index contributed by atoms with van der Waals surface area (Å²) in [5, 5.41) is 0.299. The Hall–Kier alpha value is -1.02. The van der Waals surface area contributed by atoms with Crippen molar-refractivity contribution in [1.82, 2.24) is 0 Å². The summed E-state index contributed by atoms with van der Waals surface area (Å²) in [7, 11) is 0. The van der Waals surface area contributed by atoms with Crippen molar-refractivity contribution >= 4 is 17.6 Å². The zero-order valence-electron chi connectivity index (χ0n) is 7.50. The molecule has 0 saturated carbocycles. The fourth-order valence-electron chi connectivity index (χ4n) is 0.852. The number of hydrogen-bond donors (Lipinski definition) is 0. The highest BCUT2D eigenvalue weighted by Gasteiger charge is 2.11. The van der Waals surface area contributed by atoms with E-state index in [-0.39, 0.29) is 6.10 Å². The van der Waals surface area contributed by atoms with Gasteiger partial charge in [-0.25, -0.2) is 4.79 Å². The van der Waals surface area contributed by atoms with Crippen LogP contribution in [0.15, 0.2) is 18.2 Å². The van der Waals surface area contributed by atoms with E-state index in [1.54, 1.807) is 32.0 Å². The SMILES string of the molecule is CC(C)OC(=O)c1ccc[c]c1Cl. The molecule has 0 aliphatic heterocycles. The second-order valence-electron chi connectivity index (χ2n) is 2.85. The van der Waals surface area contributed by atoms with Crippen LogP contribution in [-0.2, 0) is 4.74 Å². The van der Waals surface area contributed by atoms with E-state index in [1.807, 2.05) is 0 Å². The quantitative estimate of drug-likeness (QED) is 0.682. The van der Waals surface area contributed by atoms with Crippen LogP contribution in [0.1, 0.15) is 24.2 Å². The van der Waals surface area contributed by atoms with Gasteiger partial charge in [-0.3, -0.25) is 0 Å². The van der Waals surface area contributed by atoms with Gasteiger partial charge >= 0.3 is 5.97 Å². The minimum Gasteiger partial charge on any atom is -0.459 e. The number of benzene rings is 1. The first kappa shape index (κ1) is 10.1. The number of esters is 1. The maximum Gasteiger partial charge on any atom is 0.339 e. The van der Waals surface area contributed by atoms with Gasteiger partial charge in [-0.1, -0.05) is 23.7 Å². The van der Waals surface area contributed by atoms with E-state index in [0.717, 1.165) is 0 Å². The molecule has 0 aromatic heterocycles. The molecule has 0 unspecified atom stereocenters. The van der Waals surface area contributed by atoms with Gasteiger partial charge in [0.1, 0.15) is 0 Å². The lowest BCUT2D eigenvalue weighted by molar-refractivity contribution is 0.0378. The van der Waals surface area contributed by atoms with Gasteiger partial charge in [0.2, 0.25) is 0 Å². The molecule has 1 rings (SSSR count). The maximum atomic E-state index is 11.3. The molecule has 13 heavy (non-hydrogen) atoms. The molecule has 0 amide bonds.